The highest BCUT2D eigenvalue weighted by Crippen LogP contribution is 2.37. The molecule has 2 aliphatic rings. The van der Waals surface area contributed by atoms with Gasteiger partial charge in [-0.3, -0.25) is 24.1 Å². The van der Waals surface area contributed by atoms with Crippen molar-refractivity contribution < 1.29 is 23.9 Å². The number of esters is 1. The van der Waals surface area contributed by atoms with Gasteiger partial charge in [0.2, 0.25) is 0 Å². The average molecular weight is 466 g/mol. The van der Waals surface area contributed by atoms with Crippen molar-refractivity contribution in [3.8, 4) is 6.07 Å². The second kappa shape index (κ2) is 9.55. The summed E-state index contributed by atoms with van der Waals surface area (Å²) in [5, 5.41) is 12.8. The van der Waals surface area contributed by atoms with Crippen LogP contribution in [0.25, 0.3) is 0 Å². The minimum Gasteiger partial charge on any atom is -0.452 e. The monoisotopic (exact) mass is 465 g/mol. The molecule has 4 rings (SSSR count). The van der Waals surface area contributed by atoms with Crippen LogP contribution in [0, 0.1) is 11.3 Å². The molecule has 2 aromatic rings. The average Bonchev–Trinajstić information content (AvgIpc) is 3.13. The number of nitrogens with one attached hydrogen (secondary N) is 1. The Hall–Kier alpha value is -3.51. The Balaban J connectivity index is 1.33. The highest BCUT2D eigenvalue weighted by Gasteiger charge is 2.35. The number of benzene rings is 1. The third-order valence-electron chi connectivity index (χ3n) is 5.87. The highest BCUT2D eigenvalue weighted by atomic mass is 32.1. The predicted molar refractivity (Wildman–Crippen MR) is 121 cm³/mol. The quantitative estimate of drug-likeness (QED) is 0.397. The first-order chi connectivity index (χ1) is 15.9. The lowest BCUT2D eigenvalue weighted by Crippen LogP contribution is -2.34. The molecule has 1 aliphatic heterocycles. The fourth-order valence-corrected chi connectivity index (χ4v) is 5.36. The minimum atomic E-state index is -1.09. The molecular weight excluding hydrogens is 442 g/mol. The number of hydrogen-bond donors (Lipinski definition) is 1. The van der Waals surface area contributed by atoms with E-state index in [0.717, 1.165) is 47.4 Å². The lowest BCUT2D eigenvalue weighted by atomic mass is 10.1. The number of nitrogens with zero attached hydrogens (tertiary/aromatic N) is 2. The number of thiophene rings is 1. The number of nitriles is 1. The lowest BCUT2D eigenvalue weighted by Gasteiger charge is -2.16. The molecule has 1 N–H and O–H groups in total. The number of hydrogen-bond acceptors (Lipinski definition) is 7. The molecule has 2 heterocycles. The molecule has 9 heteroatoms. The first kappa shape index (κ1) is 22.7. The maximum absolute atomic E-state index is 12.6. The zero-order valence-corrected chi connectivity index (χ0v) is 19.0. The Kier molecular flexibility index (Phi) is 6.56. The normalized spacial score (nSPS) is 15.8. The summed E-state index contributed by atoms with van der Waals surface area (Å²) in [5.41, 5.74) is 2.13. The SMILES string of the molecule is CC(OC(=O)CCN1C(=O)c2ccccc2C1=O)C(=O)Nc1sc2c(c1C#N)CCCCC2. The number of carbonyl (C=O) groups is 4. The summed E-state index contributed by atoms with van der Waals surface area (Å²) in [6, 6.07) is 8.69. The van der Waals surface area contributed by atoms with Gasteiger partial charge in [0.05, 0.1) is 23.1 Å². The third kappa shape index (κ3) is 4.52. The van der Waals surface area contributed by atoms with E-state index in [-0.39, 0.29) is 13.0 Å². The van der Waals surface area contributed by atoms with Crippen molar-refractivity contribution in [2.75, 3.05) is 11.9 Å². The molecule has 170 valence electrons. The fourth-order valence-electron chi connectivity index (χ4n) is 4.12. The molecule has 1 aromatic carbocycles. The van der Waals surface area contributed by atoms with Crippen LogP contribution >= 0.6 is 11.3 Å². The van der Waals surface area contributed by atoms with E-state index in [0.29, 0.717) is 21.7 Å². The van der Waals surface area contributed by atoms with E-state index >= 15 is 0 Å². The smallest absolute Gasteiger partial charge is 0.308 e. The molecule has 1 aromatic heterocycles. The summed E-state index contributed by atoms with van der Waals surface area (Å²) in [6.07, 6.45) is 3.62. The molecule has 1 aliphatic carbocycles. The number of anilines is 1. The number of fused-ring (bicyclic) bond motifs is 2. The van der Waals surface area contributed by atoms with Gasteiger partial charge >= 0.3 is 5.97 Å². The van der Waals surface area contributed by atoms with Crippen molar-refractivity contribution in [2.24, 2.45) is 0 Å². The zero-order chi connectivity index (χ0) is 23.5. The van der Waals surface area contributed by atoms with Crippen LogP contribution in [-0.4, -0.2) is 41.2 Å². The summed E-state index contributed by atoms with van der Waals surface area (Å²) in [4.78, 5) is 51.8. The Bertz CT molecular complexity index is 1140. The van der Waals surface area contributed by atoms with Gasteiger partial charge in [-0.05, 0) is 50.3 Å². The number of carbonyl (C=O) groups excluding carboxylic acids is 4. The van der Waals surface area contributed by atoms with E-state index in [2.05, 4.69) is 11.4 Å². The topological polar surface area (TPSA) is 117 Å². The van der Waals surface area contributed by atoms with Gasteiger partial charge in [0.1, 0.15) is 11.1 Å². The van der Waals surface area contributed by atoms with Crippen LogP contribution in [0.1, 0.15) is 69.3 Å². The van der Waals surface area contributed by atoms with Gasteiger partial charge in [-0.2, -0.15) is 5.26 Å². The van der Waals surface area contributed by atoms with Crippen LogP contribution in [0.15, 0.2) is 24.3 Å². The first-order valence-electron chi connectivity index (χ1n) is 10.9. The van der Waals surface area contributed by atoms with Gasteiger partial charge < -0.3 is 10.1 Å². The molecule has 0 bridgehead atoms. The van der Waals surface area contributed by atoms with Gasteiger partial charge in [-0.25, -0.2) is 0 Å². The molecule has 3 amide bonds. The number of ether oxygens (including phenoxy) is 1. The molecule has 0 radical (unpaired) electrons. The van der Waals surface area contributed by atoms with Crippen molar-refractivity contribution in [3.63, 3.8) is 0 Å². The molecule has 33 heavy (non-hydrogen) atoms. The van der Waals surface area contributed by atoms with E-state index in [9.17, 15) is 24.4 Å². The maximum atomic E-state index is 12.6. The first-order valence-corrected chi connectivity index (χ1v) is 11.7. The van der Waals surface area contributed by atoms with Crippen molar-refractivity contribution in [2.45, 2.75) is 51.6 Å². The van der Waals surface area contributed by atoms with Gasteiger partial charge in [0, 0.05) is 11.4 Å². The number of amides is 3. The summed E-state index contributed by atoms with van der Waals surface area (Å²) in [5.74, 6) is -2.12. The predicted octanol–water partition coefficient (Wildman–Crippen LogP) is 3.45. The fraction of sp³-hybridized carbons (Fsp3) is 0.375. The molecule has 0 saturated heterocycles. The van der Waals surface area contributed by atoms with E-state index in [1.54, 1.807) is 24.3 Å². The molecule has 1 unspecified atom stereocenters. The Morgan fingerprint density at radius 1 is 1.15 bits per heavy atom. The summed E-state index contributed by atoms with van der Waals surface area (Å²) >= 11 is 1.41. The molecule has 0 saturated carbocycles. The van der Waals surface area contributed by atoms with Crippen molar-refractivity contribution in [1.82, 2.24) is 4.90 Å². The standard InChI is InChI=1S/C24H23N3O5S/c1-14(21(29)26-22-18(13-25)15-7-3-2-4-10-19(15)33-22)32-20(28)11-12-27-23(30)16-8-5-6-9-17(16)24(27)31/h5-6,8-9,14H,2-4,7,10-12H2,1H3,(H,26,29). The minimum absolute atomic E-state index is 0.129. The largest absolute Gasteiger partial charge is 0.452 e. The van der Waals surface area contributed by atoms with Crippen LogP contribution in [-0.2, 0) is 27.2 Å². The van der Waals surface area contributed by atoms with Gasteiger partial charge in [-0.1, -0.05) is 18.6 Å². The van der Waals surface area contributed by atoms with E-state index < -0.39 is 29.8 Å². The lowest BCUT2D eigenvalue weighted by molar-refractivity contribution is -0.153. The Morgan fingerprint density at radius 2 is 1.82 bits per heavy atom. The van der Waals surface area contributed by atoms with E-state index in [1.807, 2.05) is 0 Å². The maximum Gasteiger partial charge on any atom is 0.308 e. The number of aryl methyl sites for hydroxylation is 1. The van der Waals surface area contributed by atoms with Gasteiger partial charge in [-0.15, -0.1) is 11.3 Å². The molecular formula is C24H23N3O5S. The van der Waals surface area contributed by atoms with Crippen LogP contribution in [0.2, 0.25) is 0 Å². The van der Waals surface area contributed by atoms with Crippen molar-refractivity contribution in [1.29, 1.82) is 5.26 Å². The molecule has 1 atom stereocenters. The summed E-state index contributed by atoms with van der Waals surface area (Å²) in [6.45, 7) is 1.32. The van der Waals surface area contributed by atoms with Gasteiger partial charge in [0.25, 0.3) is 17.7 Å². The number of rotatable bonds is 6. The van der Waals surface area contributed by atoms with Crippen molar-refractivity contribution >= 4 is 40.0 Å². The van der Waals surface area contributed by atoms with E-state index in [4.69, 9.17) is 4.74 Å². The summed E-state index contributed by atoms with van der Waals surface area (Å²) in [7, 11) is 0. The Labute approximate surface area is 195 Å². The molecule has 0 fully saturated rings. The summed E-state index contributed by atoms with van der Waals surface area (Å²) < 4.78 is 5.21. The van der Waals surface area contributed by atoms with Crippen LogP contribution < -0.4 is 5.32 Å². The molecule has 0 spiro atoms. The zero-order valence-electron chi connectivity index (χ0n) is 18.2. The van der Waals surface area contributed by atoms with Crippen LogP contribution in [0.5, 0.6) is 0 Å². The van der Waals surface area contributed by atoms with Crippen LogP contribution in [0.4, 0.5) is 5.00 Å². The Morgan fingerprint density at radius 3 is 2.48 bits per heavy atom. The molecule has 8 nitrogen and oxygen atoms in total. The second-order valence-corrected chi connectivity index (χ2v) is 9.16. The van der Waals surface area contributed by atoms with Gasteiger partial charge in [0.15, 0.2) is 6.10 Å². The third-order valence-corrected chi connectivity index (χ3v) is 7.07. The second-order valence-electron chi connectivity index (χ2n) is 8.06. The van der Waals surface area contributed by atoms with Crippen LogP contribution in [0.3, 0.4) is 0 Å². The van der Waals surface area contributed by atoms with E-state index in [1.165, 1.54) is 18.3 Å². The number of imide groups is 1. The van der Waals surface area contributed by atoms with Crippen molar-refractivity contribution in [3.05, 3.63) is 51.4 Å². The highest BCUT2D eigenvalue weighted by molar-refractivity contribution is 7.16.